The second-order valence-corrected chi connectivity index (χ2v) is 8.41. The second-order valence-electron chi connectivity index (χ2n) is 5.74. The molecule has 124 valence electrons. The predicted molar refractivity (Wildman–Crippen MR) is 92.9 cm³/mol. The average molecular weight is 374 g/mol. The fourth-order valence-electron chi connectivity index (χ4n) is 2.38. The fraction of sp³-hybridized carbons (Fsp3) is 0.375. The molecule has 0 saturated carbocycles. The molecular formula is C16H17Cl2NO3S. The highest BCUT2D eigenvalue weighted by atomic mass is 35.5. The lowest BCUT2D eigenvalue weighted by Crippen LogP contribution is -2.52. The number of nitrogens with zero attached hydrogens (tertiary/aromatic N) is 1. The van der Waals surface area contributed by atoms with Gasteiger partial charge in [-0.25, -0.2) is 0 Å². The third-order valence-electron chi connectivity index (χ3n) is 3.84. The highest BCUT2D eigenvalue weighted by Crippen LogP contribution is 2.39. The maximum absolute atomic E-state index is 12.5. The Morgan fingerprint density at radius 3 is 2.30 bits per heavy atom. The number of sulfonamides is 1. The first-order chi connectivity index (χ1) is 10.6. The summed E-state index contributed by atoms with van der Waals surface area (Å²) in [5.41, 5.74) is 0.519. The van der Waals surface area contributed by atoms with Gasteiger partial charge in [0.25, 0.3) is 10.0 Å². The van der Waals surface area contributed by atoms with Gasteiger partial charge in [-0.15, -0.1) is 23.2 Å². The van der Waals surface area contributed by atoms with Gasteiger partial charge in [-0.2, -0.15) is 12.8 Å². The average Bonchev–Trinajstić information content (AvgIpc) is 2.50. The van der Waals surface area contributed by atoms with E-state index in [1.807, 2.05) is 0 Å². The maximum Gasteiger partial charge on any atom is 0.282 e. The first-order valence-electron chi connectivity index (χ1n) is 7.06. The minimum Gasteiger partial charge on any atom is -0.293 e. The van der Waals surface area contributed by atoms with Crippen molar-refractivity contribution >= 4 is 44.7 Å². The van der Waals surface area contributed by atoms with Crippen LogP contribution in [0.4, 0.5) is 0 Å². The number of benzene rings is 1. The Labute approximate surface area is 146 Å². The van der Waals surface area contributed by atoms with Crippen molar-refractivity contribution in [3.63, 3.8) is 0 Å². The van der Waals surface area contributed by atoms with Crippen molar-refractivity contribution < 1.29 is 13.2 Å². The minimum atomic E-state index is -3.93. The largest absolute Gasteiger partial charge is 0.293 e. The summed E-state index contributed by atoms with van der Waals surface area (Å²) in [4.78, 5) is 10.9. The molecule has 7 heteroatoms. The van der Waals surface area contributed by atoms with Crippen molar-refractivity contribution in [2.75, 3.05) is 0 Å². The van der Waals surface area contributed by atoms with Crippen LogP contribution in [-0.2, 0) is 14.8 Å². The Hall–Kier alpha value is -1.17. The van der Waals surface area contributed by atoms with Gasteiger partial charge in [0.2, 0.25) is 0 Å². The molecule has 0 radical (unpaired) electrons. The van der Waals surface area contributed by atoms with Crippen molar-refractivity contribution in [2.45, 2.75) is 35.9 Å². The Balaban J connectivity index is 2.58. The van der Waals surface area contributed by atoms with E-state index < -0.39 is 20.3 Å². The van der Waals surface area contributed by atoms with E-state index in [0.717, 1.165) is 0 Å². The van der Waals surface area contributed by atoms with Gasteiger partial charge in [-0.1, -0.05) is 32.0 Å². The van der Waals surface area contributed by atoms with E-state index in [1.54, 1.807) is 39.0 Å². The number of ketones is 1. The van der Waals surface area contributed by atoms with Crippen LogP contribution in [0.2, 0.25) is 0 Å². The number of halogens is 2. The van der Waals surface area contributed by atoms with Gasteiger partial charge in [0.15, 0.2) is 5.78 Å². The summed E-state index contributed by atoms with van der Waals surface area (Å²) >= 11 is 12.8. The van der Waals surface area contributed by atoms with Crippen LogP contribution in [0.15, 0.2) is 51.3 Å². The molecule has 0 unspecified atom stereocenters. The van der Waals surface area contributed by atoms with Crippen molar-refractivity contribution in [1.82, 2.24) is 0 Å². The molecule has 0 saturated heterocycles. The lowest BCUT2D eigenvalue weighted by molar-refractivity contribution is -0.118. The van der Waals surface area contributed by atoms with E-state index in [1.165, 1.54) is 18.2 Å². The van der Waals surface area contributed by atoms with Gasteiger partial charge >= 0.3 is 0 Å². The summed E-state index contributed by atoms with van der Waals surface area (Å²) in [6, 6.07) is 7.83. The Morgan fingerprint density at radius 2 is 1.78 bits per heavy atom. The minimum absolute atomic E-state index is 0.0609. The molecule has 0 aliphatic heterocycles. The second kappa shape index (κ2) is 6.38. The molecular weight excluding hydrogens is 357 g/mol. The van der Waals surface area contributed by atoms with Crippen LogP contribution in [0, 0.1) is 5.92 Å². The quantitative estimate of drug-likeness (QED) is 0.760. The standard InChI is InChI=1S/C16H17Cl2NO3S/c1-10(2)16(18)13(20)9-11(3)14(15(16)17)19-23(21,22)12-7-5-4-6-8-12/h4-10,15H,1-3H3/t15-,16+/m0/s1. The number of hydrogen-bond acceptors (Lipinski definition) is 3. The van der Waals surface area contributed by atoms with Crippen molar-refractivity contribution in [3.8, 4) is 0 Å². The molecule has 0 spiro atoms. The predicted octanol–water partition coefficient (Wildman–Crippen LogP) is 3.59. The van der Waals surface area contributed by atoms with Gasteiger partial charge in [0.05, 0.1) is 10.6 Å². The lowest BCUT2D eigenvalue weighted by Gasteiger charge is -2.36. The van der Waals surface area contributed by atoms with Crippen LogP contribution >= 0.6 is 23.2 Å². The van der Waals surface area contributed by atoms with Gasteiger partial charge in [-0.05, 0) is 36.6 Å². The molecule has 0 fully saturated rings. The molecule has 2 rings (SSSR count). The summed E-state index contributed by atoms with van der Waals surface area (Å²) in [6.45, 7) is 5.12. The maximum atomic E-state index is 12.5. The number of carbonyl (C=O) groups is 1. The third-order valence-corrected chi connectivity index (χ3v) is 6.65. The van der Waals surface area contributed by atoms with Crippen molar-refractivity contribution in [2.24, 2.45) is 10.3 Å². The molecule has 0 N–H and O–H groups in total. The highest BCUT2D eigenvalue weighted by molar-refractivity contribution is 7.90. The molecule has 1 aromatic carbocycles. The summed E-state index contributed by atoms with van der Waals surface area (Å²) in [5, 5.41) is -1.03. The fourth-order valence-corrected chi connectivity index (χ4v) is 4.29. The number of hydrogen-bond donors (Lipinski definition) is 0. The summed E-state index contributed by atoms with van der Waals surface area (Å²) < 4.78 is 28.8. The lowest BCUT2D eigenvalue weighted by atomic mass is 9.79. The van der Waals surface area contributed by atoms with Crippen LogP contribution < -0.4 is 0 Å². The van der Waals surface area contributed by atoms with Gasteiger partial charge in [0, 0.05) is 0 Å². The van der Waals surface area contributed by atoms with Crippen LogP contribution in [-0.4, -0.2) is 30.2 Å². The zero-order chi connectivity index (χ0) is 17.4. The molecule has 2 atom stereocenters. The number of rotatable bonds is 3. The first-order valence-corrected chi connectivity index (χ1v) is 9.32. The van der Waals surface area contributed by atoms with Crippen LogP contribution in [0.5, 0.6) is 0 Å². The van der Waals surface area contributed by atoms with E-state index in [4.69, 9.17) is 23.2 Å². The molecule has 0 heterocycles. The van der Waals surface area contributed by atoms with Crippen molar-refractivity contribution in [1.29, 1.82) is 0 Å². The van der Waals surface area contributed by atoms with E-state index in [9.17, 15) is 13.2 Å². The Kier molecular flexibility index (Phi) is 5.04. The summed E-state index contributed by atoms with van der Waals surface area (Å²) in [7, 11) is -3.93. The molecule has 1 aromatic rings. The van der Waals surface area contributed by atoms with E-state index in [2.05, 4.69) is 4.40 Å². The van der Waals surface area contributed by atoms with Gasteiger partial charge < -0.3 is 0 Å². The molecule has 0 amide bonds. The van der Waals surface area contributed by atoms with E-state index in [-0.39, 0.29) is 22.3 Å². The summed E-state index contributed by atoms with van der Waals surface area (Å²) in [6.07, 6.45) is 1.31. The topological polar surface area (TPSA) is 63.6 Å². The van der Waals surface area contributed by atoms with Crippen molar-refractivity contribution in [3.05, 3.63) is 42.0 Å². The van der Waals surface area contributed by atoms with E-state index in [0.29, 0.717) is 5.57 Å². The molecule has 0 bridgehead atoms. The Bertz CT molecular complexity index is 785. The van der Waals surface area contributed by atoms with Crippen LogP contribution in [0.3, 0.4) is 0 Å². The molecule has 0 aromatic heterocycles. The number of carbonyl (C=O) groups excluding carboxylic acids is 1. The zero-order valence-corrected chi connectivity index (χ0v) is 15.3. The number of allylic oxidation sites excluding steroid dienone is 2. The Morgan fingerprint density at radius 1 is 1.22 bits per heavy atom. The molecule has 4 nitrogen and oxygen atoms in total. The zero-order valence-electron chi connectivity index (χ0n) is 13.0. The normalized spacial score (nSPS) is 27.4. The molecule has 23 heavy (non-hydrogen) atoms. The summed E-state index contributed by atoms with van der Waals surface area (Å²) in [5.74, 6) is -0.615. The van der Waals surface area contributed by atoms with Crippen LogP contribution in [0.25, 0.3) is 0 Å². The third kappa shape index (κ3) is 3.23. The molecule has 1 aliphatic carbocycles. The molecule has 1 aliphatic rings. The smallest absolute Gasteiger partial charge is 0.282 e. The van der Waals surface area contributed by atoms with Gasteiger partial charge in [-0.3, -0.25) is 4.79 Å². The SMILES string of the molecule is CC1=CC(=O)[C@](Cl)(C(C)C)[C@@H](Cl)C1=NS(=O)(=O)c1ccccc1. The number of alkyl halides is 2. The monoisotopic (exact) mass is 373 g/mol. The van der Waals surface area contributed by atoms with Crippen LogP contribution in [0.1, 0.15) is 20.8 Å². The van der Waals surface area contributed by atoms with Gasteiger partial charge in [0.1, 0.15) is 10.3 Å². The highest BCUT2D eigenvalue weighted by Gasteiger charge is 2.50. The first kappa shape index (κ1) is 18.2. The van der Waals surface area contributed by atoms with E-state index >= 15 is 0 Å².